The Morgan fingerprint density at radius 1 is 1.14 bits per heavy atom. The Kier molecular flexibility index (Phi) is 4.53. The predicted molar refractivity (Wildman–Crippen MR) is 107 cm³/mol. The highest BCUT2D eigenvalue weighted by atomic mass is 32.1. The summed E-state index contributed by atoms with van der Waals surface area (Å²) in [4.78, 5) is 31.2. The van der Waals surface area contributed by atoms with Crippen LogP contribution in [-0.2, 0) is 0 Å². The van der Waals surface area contributed by atoms with Gasteiger partial charge >= 0.3 is 0 Å². The molecule has 29 heavy (non-hydrogen) atoms. The van der Waals surface area contributed by atoms with Gasteiger partial charge in [0.05, 0.1) is 10.5 Å². The second kappa shape index (κ2) is 7.17. The van der Waals surface area contributed by atoms with Crippen LogP contribution in [0.15, 0.2) is 54.7 Å². The minimum absolute atomic E-state index is 0.00258. The van der Waals surface area contributed by atoms with Crippen molar-refractivity contribution in [2.45, 2.75) is 0 Å². The fraction of sp³-hybridized carbons (Fsp3) is 0. The van der Waals surface area contributed by atoms with Crippen molar-refractivity contribution in [3.8, 4) is 22.1 Å². The zero-order valence-electron chi connectivity index (χ0n) is 14.6. The van der Waals surface area contributed by atoms with Crippen molar-refractivity contribution in [2.75, 3.05) is 5.32 Å². The Morgan fingerprint density at radius 3 is 2.76 bits per heavy atom. The minimum atomic E-state index is -0.630. The number of amides is 1. The minimum Gasteiger partial charge on any atom is -0.505 e. The lowest BCUT2D eigenvalue weighted by atomic mass is 10.1. The summed E-state index contributed by atoms with van der Waals surface area (Å²) in [5, 5.41) is 34.7. The van der Waals surface area contributed by atoms with Gasteiger partial charge in [0.15, 0.2) is 10.9 Å². The number of nitro groups is 1. The summed E-state index contributed by atoms with van der Waals surface area (Å²) in [5.74, 6) is -1.26. The summed E-state index contributed by atoms with van der Waals surface area (Å²) in [5.41, 5.74) is 0.559. The third-order valence-corrected chi connectivity index (χ3v) is 5.15. The number of non-ortho nitro benzene ring substituents is 1. The molecule has 0 aliphatic heterocycles. The highest BCUT2D eigenvalue weighted by molar-refractivity contribution is 7.19. The molecule has 4 rings (SSSR count). The number of aromatic nitrogens is 2. The van der Waals surface area contributed by atoms with Gasteiger partial charge in [-0.1, -0.05) is 35.6 Å². The quantitative estimate of drug-likeness (QED) is 0.343. The van der Waals surface area contributed by atoms with Crippen LogP contribution in [0.3, 0.4) is 0 Å². The molecular weight excluding hydrogens is 396 g/mol. The maximum absolute atomic E-state index is 12.6. The number of nitro benzene ring substituents is 1. The van der Waals surface area contributed by atoms with Crippen molar-refractivity contribution in [3.63, 3.8) is 0 Å². The van der Waals surface area contributed by atoms with Crippen molar-refractivity contribution < 1.29 is 19.9 Å². The molecule has 0 unspecified atom stereocenters. The Bertz CT molecular complexity index is 1270. The number of fused-ring (bicyclic) bond motifs is 1. The van der Waals surface area contributed by atoms with Crippen molar-refractivity contribution in [1.29, 1.82) is 0 Å². The number of phenolic OH excluding ortho intramolecular Hbond substituents is 1. The summed E-state index contributed by atoms with van der Waals surface area (Å²) in [6.07, 6.45) is 1.51. The number of thiazole rings is 1. The number of carbonyl (C=O) groups is 1. The van der Waals surface area contributed by atoms with Gasteiger partial charge in [0.2, 0.25) is 5.88 Å². The van der Waals surface area contributed by atoms with E-state index in [9.17, 15) is 25.1 Å². The van der Waals surface area contributed by atoms with Crippen LogP contribution < -0.4 is 5.32 Å². The molecule has 0 fully saturated rings. The molecule has 0 atom stereocenters. The van der Waals surface area contributed by atoms with E-state index in [0.717, 1.165) is 11.3 Å². The van der Waals surface area contributed by atoms with Crippen LogP contribution in [0.5, 0.6) is 11.6 Å². The number of benzene rings is 2. The van der Waals surface area contributed by atoms with Gasteiger partial charge in [-0.25, -0.2) is 0 Å². The van der Waals surface area contributed by atoms with Crippen LogP contribution in [0.25, 0.3) is 21.3 Å². The number of hydrogen-bond acceptors (Lipinski definition) is 8. The second-order valence-electron chi connectivity index (χ2n) is 5.97. The van der Waals surface area contributed by atoms with Gasteiger partial charge in [-0.3, -0.25) is 25.2 Å². The first-order chi connectivity index (χ1) is 13.9. The molecule has 10 heteroatoms. The molecule has 0 radical (unpaired) electrons. The number of phenols is 1. The first kappa shape index (κ1) is 18.3. The molecule has 2 aromatic heterocycles. The fourth-order valence-corrected chi connectivity index (χ4v) is 3.64. The monoisotopic (exact) mass is 408 g/mol. The van der Waals surface area contributed by atoms with E-state index in [1.165, 1.54) is 30.5 Å². The molecule has 0 saturated carbocycles. The number of pyridine rings is 1. The molecule has 1 amide bonds. The van der Waals surface area contributed by atoms with Gasteiger partial charge in [-0.2, -0.15) is 4.98 Å². The van der Waals surface area contributed by atoms with E-state index in [4.69, 9.17) is 0 Å². The predicted octanol–water partition coefficient (Wildman–Crippen LogP) is 3.93. The van der Waals surface area contributed by atoms with Crippen LogP contribution >= 0.6 is 11.3 Å². The number of nitrogens with one attached hydrogen (secondary N) is 1. The van der Waals surface area contributed by atoms with Crippen LogP contribution in [0.1, 0.15) is 10.4 Å². The summed E-state index contributed by atoms with van der Waals surface area (Å²) in [6.45, 7) is 0. The maximum atomic E-state index is 12.6. The lowest BCUT2D eigenvalue weighted by Gasteiger charge is -2.06. The molecule has 0 saturated heterocycles. The number of aromatic hydroxyl groups is 2. The van der Waals surface area contributed by atoms with Gasteiger partial charge < -0.3 is 10.2 Å². The Balaban J connectivity index is 1.64. The largest absolute Gasteiger partial charge is 0.505 e. The first-order valence-electron chi connectivity index (χ1n) is 8.26. The van der Waals surface area contributed by atoms with Crippen molar-refractivity contribution in [2.24, 2.45) is 0 Å². The smallest absolute Gasteiger partial charge is 0.270 e. The number of carbonyl (C=O) groups excluding carboxylic acids is 1. The highest BCUT2D eigenvalue weighted by Gasteiger charge is 2.19. The van der Waals surface area contributed by atoms with Crippen molar-refractivity contribution in [3.05, 3.63) is 70.4 Å². The summed E-state index contributed by atoms with van der Waals surface area (Å²) >= 11 is 0.953. The Hall–Kier alpha value is -4.05. The van der Waals surface area contributed by atoms with Crippen LogP contribution in [-0.4, -0.2) is 31.0 Å². The number of anilines is 1. The molecule has 144 valence electrons. The van der Waals surface area contributed by atoms with E-state index in [1.54, 1.807) is 24.3 Å². The third kappa shape index (κ3) is 3.44. The number of nitrogens with zero attached hydrogens (tertiary/aromatic N) is 3. The number of hydrogen-bond donors (Lipinski definition) is 3. The molecule has 2 heterocycles. The Labute approximate surface area is 167 Å². The van der Waals surface area contributed by atoms with E-state index < -0.39 is 10.8 Å². The van der Waals surface area contributed by atoms with E-state index in [-0.39, 0.29) is 32.9 Å². The van der Waals surface area contributed by atoms with E-state index in [0.29, 0.717) is 16.5 Å². The Morgan fingerprint density at radius 2 is 1.97 bits per heavy atom. The lowest BCUT2D eigenvalue weighted by molar-refractivity contribution is -0.384. The summed E-state index contributed by atoms with van der Waals surface area (Å²) in [7, 11) is 0. The fourth-order valence-electron chi connectivity index (χ4n) is 2.79. The summed E-state index contributed by atoms with van der Waals surface area (Å²) < 4.78 is 0. The average Bonchev–Trinajstić information content (AvgIpc) is 3.08. The lowest BCUT2D eigenvalue weighted by Crippen LogP contribution is -2.12. The van der Waals surface area contributed by atoms with Crippen molar-refractivity contribution in [1.82, 2.24) is 9.97 Å². The molecule has 0 aliphatic rings. The average molecular weight is 408 g/mol. The van der Waals surface area contributed by atoms with Gasteiger partial charge in [0, 0.05) is 29.3 Å². The molecule has 4 aromatic rings. The van der Waals surface area contributed by atoms with Gasteiger partial charge in [0.1, 0.15) is 10.4 Å². The first-order valence-corrected chi connectivity index (χ1v) is 9.08. The molecule has 0 spiro atoms. The van der Waals surface area contributed by atoms with E-state index in [1.807, 2.05) is 0 Å². The van der Waals surface area contributed by atoms with Gasteiger partial charge in [-0.15, -0.1) is 0 Å². The third-order valence-electron chi connectivity index (χ3n) is 4.14. The molecule has 3 N–H and O–H groups in total. The molecule has 9 nitrogen and oxygen atoms in total. The molecule has 0 bridgehead atoms. The molecular formula is C19H12N4O5S. The SMILES string of the molecule is O=C(Nc1nc(O)c(-c2cccc([N+](=O)[O-])c2)s1)c1ccc2cccnc2c1O. The van der Waals surface area contributed by atoms with Crippen LogP contribution in [0.4, 0.5) is 10.8 Å². The zero-order valence-corrected chi connectivity index (χ0v) is 15.4. The van der Waals surface area contributed by atoms with Crippen molar-refractivity contribution >= 4 is 39.0 Å². The zero-order chi connectivity index (χ0) is 20.5. The van der Waals surface area contributed by atoms with Gasteiger partial charge in [-0.05, 0) is 12.1 Å². The van der Waals surface area contributed by atoms with Crippen LogP contribution in [0, 0.1) is 10.1 Å². The maximum Gasteiger partial charge on any atom is 0.270 e. The van der Waals surface area contributed by atoms with Crippen LogP contribution in [0.2, 0.25) is 0 Å². The molecule has 0 aliphatic carbocycles. The summed E-state index contributed by atoms with van der Waals surface area (Å²) in [6, 6.07) is 12.3. The van der Waals surface area contributed by atoms with E-state index in [2.05, 4.69) is 15.3 Å². The van der Waals surface area contributed by atoms with Gasteiger partial charge in [0.25, 0.3) is 11.6 Å². The topological polar surface area (TPSA) is 138 Å². The second-order valence-corrected chi connectivity index (χ2v) is 6.97. The normalized spacial score (nSPS) is 10.8. The highest BCUT2D eigenvalue weighted by Crippen LogP contribution is 2.39. The standard InChI is InChI=1S/C19H12N4O5S/c24-15-13(7-6-10-4-2-8-20-14(10)15)17(25)21-19-22-18(26)16(29-19)11-3-1-5-12(9-11)23(27)28/h1-9,24,26H,(H,21,22,25). The van der Waals surface area contributed by atoms with E-state index >= 15 is 0 Å². The molecule has 2 aromatic carbocycles. The number of rotatable bonds is 4.